The standard InChI is InChI=1S/C25H18Cl2INO4S/c1-2-32-21-12-16(11-20(28)23(21)33-14-15-8-9-18(26)19(27)10-15)13-22-24(30)29(25(31)34-22)17-6-4-3-5-7-17/h3-13H,2,14H2,1H3/b22-13-. The summed E-state index contributed by atoms with van der Waals surface area (Å²) in [5, 5.41) is 0.613. The van der Waals surface area contributed by atoms with Gasteiger partial charge in [0.25, 0.3) is 11.1 Å². The number of amides is 2. The number of carbonyl (C=O) groups is 2. The summed E-state index contributed by atoms with van der Waals surface area (Å²) >= 11 is 15.2. The second-order valence-electron chi connectivity index (χ2n) is 7.15. The summed E-state index contributed by atoms with van der Waals surface area (Å²) in [5.74, 6) is 0.778. The Morgan fingerprint density at radius 2 is 1.76 bits per heavy atom. The van der Waals surface area contributed by atoms with Gasteiger partial charge in [-0.15, -0.1) is 0 Å². The molecule has 4 rings (SSSR count). The Kier molecular flexibility index (Phi) is 8.08. The number of thioether (sulfide) groups is 1. The summed E-state index contributed by atoms with van der Waals surface area (Å²) in [6, 6.07) is 17.9. The average molecular weight is 626 g/mol. The number of anilines is 1. The molecule has 0 spiro atoms. The van der Waals surface area contributed by atoms with Crippen molar-refractivity contribution in [1.82, 2.24) is 0 Å². The van der Waals surface area contributed by atoms with E-state index in [9.17, 15) is 9.59 Å². The molecule has 0 bridgehead atoms. The smallest absolute Gasteiger partial charge is 0.298 e. The van der Waals surface area contributed by atoms with Gasteiger partial charge in [-0.2, -0.15) is 0 Å². The molecule has 5 nitrogen and oxygen atoms in total. The van der Waals surface area contributed by atoms with Crippen LogP contribution in [0.25, 0.3) is 6.08 Å². The van der Waals surface area contributed by atoms with E-state index in [1.807, 2.05) is 25.1 Å². The van der Waals surface area contributed by atoms with E-state index in [4.69, 9.17) is 32.7 Å². The molecule has 0 atom stereocenters. The van der Waals surface area contributed by atoms with Gasteiger partial charge >= 0.3 is 0 Å². The summed E-state index contributed by atoms with van der Waals surface area (Å²) in [5.41, 5.74) is 2.14. The molecule has 3 aromatic rings. The van der Waals surface area contributed by atoms with Crippen LogP contribution in [0.5, 0.6) is 11.5 Å². The highest BCUT2D eigenvalue weighted by molar-refractivity contribution is 14.1. The van der Waals surface area contributed by atoms with E-state index in [0.29, 0.717) is 38.7 Å². The summed E-state index contributed by atoms with van der Waals surface area (Å²) in [6.07, 6.45) is 1.70. The van der Waals surface area contributed by atoms with Crippen LogP contribution in [0.2, 0.25) is 10.0 Å². The molecule has 0 aliphatic carbocycles. The van der Waals surface area contributed by atoms with Crippen LogP contribution in [0.4, 0.5) is 10.5 Å². The van der Waals surface area contributed by atoms with E-state index in [2.05, 4.69) is 22.6 Å². The fourth-order valence-corrected chi connectivity index (χ4v) is 5.22. The van der Waals surface area contributed by atoms with Crippen LogP contribution >= 0.6 is 57.6 Å². The SMILES string of the molecule is CCOc1cc(/C=C2\SC(=O)N(c3ccccc3)C2=O)cc(I)c1OCc1ccc(Cl)c(Cl)c1. The lowest BCUT2D eigenvalue weighted by atomic mass is 10.1. The maximum absolute atomic E-state index is 12.9. The predicted octanol–water partition coefficient (Wildman–Crippen LogP) is 7.82. The van der Waals surface area contributed by atoms with Gasteiger partial charge in [-0.1, -0.05) is 47.5 Å². The highest BCUT2D eigenvalue weighted by atomic mass is 127. The third kappa shape index (κ3) is 5.54. The van der Waals surface area contributed by atoms with E-state index in [-0.39, 0.29) is 17.8 Å². The Labute approximate surface area is 225 Å². The van der Waals surface area contributed by atoms with Gasteiger partial charge in [0, 0.05) is 0 Å². The Balaban J connectivity index is 1.59. The first-order chi connectivity index (χ1) is 16.4. The van der Waals surface area contributed by atoms with Crippen molar-refractivity contribution in [3.8, 4) is 11.5 Å². The second-order valence-corrected chi connectivity index (χ2v) is 10.1. The van der Waals surface area contributed by atoms with Gasteiger partial charge in [-0.05, 0) is 94.9 Å². The molecule has 0 N–H and O–H groups in total. The first kappa shape index (κ1) is 24.9. The van der Waals surface area contributed by atoms with Gasteiger partial charge in [0.15, 0.2) is 11.5 Å². The molecular weight excluding hydrogens is 608 g/mol. The van der Waals surface area contributed by atoms with Crippen molar-refractivity contribution in [2.75, 3.05) is 11.5 Å². The van der Waals surface area contributed by atoms with Crippen LogP contribution in [0.15, 0.2) is 65.6 Å². The molecule has 1 fully saturated rings. The minimum absolute atomic E-state index is 0.280. The van der Waals surface area contributed by atoms with Crippen molar-refractivity contribution in [3.05, 3.63) is 90.3 Å². The van der Waals surface area contributed by atoms with Crippen LogP contribution in [0.3, 0.4) is 0 Å². The molecule has 0 saturated carbocycles. The number of nitrogens with zero attached hydrogens (tertiary/aromatic N) is 1. The van der Waals surface area contributed by atoms with Crippen molar-refractivity contribution in [1.29, 1.82) is 0 Å². The lowest BCUT2D eigenvalue weighted by Gasteiger charge is -2.15. The van der Waals surface area contributed by atoms with Gasteiger partial charge in [-0.25, -0.2) is 4.90 Å². The van der Waals surface area contributed by atoms with Crippen LogP contribution in [0.1, 0.15) is 18.1 Å². The van der Waals surface area contributed by atoms with Crippen LogP contribution in [-0.2, 0) is 11.4 Å². The van der Waals surface area contributed by atoms with Crippen LogP contribution in [-0.4, -0.2) is 17.8 Å². The van der Waals surface area contributed by atoms with Gasteiger partial charge in [-0.3, -0.25) is 9.59 Å². The number of rotatable bonds is 7. The number of carbonyl (C=O) groups excluding carboxylic acids is 2. The minimum Gasteiger partial charge on any atom is -0.490 e. The zero-order valence-corrected chi connectivity index (χ0v) is 22.4. The fraction of sp³-hybridized carbons (Fsp3) is 0.120. The topological polar surface area (TPSA) is 55.8 Å². The molecule has 0 radical (unpaired) electrons. The molecule has 1 aliphatic rings. The Morgan fingerprint density at radius 1 is 1.00 bits per heavy atom. The zero-order chi connectivity index (χ0) is 24.2. The lowest BCUT2D eigenvalue weighted by Crippen LogP contribution is -2.27. The van der Waals surface area contributed by atoms with E-state index >= 15 is 0 Å². The van der Waals surface area contributed by atoms with Crippen molar-refractivity contribution < 1.29 is 19.1 Å². The molecule has 9 heteroatoms. The quantitative estimate of drug-likeness (QED) is 0.198. The highest BCUT2D eigenvalue weighted by Crippen LogP contribution is 2.39. The van der Waals surface area contributed by atoms with Gasteiger partial charge in [0.2, 0.25) is 0 Å². The molecule has 2 amide bonds. The molecule has 1 aliphatic heterocycles. The Hall–Kier alpha value is -2.20. The van der Waals surface area contributed by atoms with Crippen molar-refractivity contribution in [3.63, 3.8) is 0 Å². The first-order valence-electron chi connectivity index (χ1n) is 10.2. The summed E-state index contributed by atoms with van der Waals surface area (Å²) in [4.78, 5) is 27.0. The number of para-hydroxylation sites is 1. The van der Waals surface area contributed by atoms with Crippen molar-refractivity contribution >= 4 is 80.5 Å². The van der Waals surface area contributed by atoms with Crippen molar-refractivity contribution in [2.24, 2.45) is 0 Å². The van der Waals surface area contributed by atoms with E-state index in [0.717, 1.165) is 26.5 Å². The normalized spacial score (nSPS) is 14.7. The zero-order valence-electron chi connectivity index (χ0n) is 17.9. The lowest BCUT2D eigenvalue weighted by molar-refractivity contribution is -0.113. The van der Waals surface area contributed by atoms with Gasteiger partial charge in [0.05, 0.1) is 30.8 Å². The van der Waals surface area contributed by atoms with Crippen molar-refractivity contribution in [2.45, 2.75) is 13.5 Å². The van der Waals surface area contributed by atoms with E-state index in [1.54, 1.807) is 48.5 Å². The van der Waals surface area contributed by atoms with Crippen LogP contribution in [0, 0.1) is 3.57 Å². The van der Waals surface area contributed by atoms with Gasteiger partial charge < -0.3 is 9.47 Å². The largest absolute Gasteiger partial charge is 0.490 e. The molecule has 174 valence electrons. The van der Waals surface area contributed by atoms with E-state index < -0.39 is 0 Å². The highest BCUT2D eigenvalue weighted by Gasteiger charge is 2.36. The first-order valence-corrected chi connectivity index (χ1v) is 12.9. The molecule has 34 heavy (non-hydrogen) atoms. The second kappa shape index (κ2) is 11.0. The van der Waals surface area contributed by atoms with E-state index in [1.165, 1.54) is 4.90 Å². The third-order valence-electron chi connectivity index (χ3n) is 4.80. The third-order valence-corrected chi connectivity index (χ3v) is 7.21. The average Bonchev–Trinajstić information content (AvgIpc) is 3.09. The number of imide groups is 1. The Bertz CT molecular complexity index is 1280. The molecule has 1 saturated heterocycles. The monoisotopic (exact) mass is 625 g/mol. The summed E-state index contributed by atoms with van der Waals surface area (Å²) < 4.78 is 12.7. The maximum Gasteiger partial charge on any atom is 0.298 e. The maximum atomic E-state index is 12.9. The van der Waals surface area contributed by atoms with Gasteiger partial charge in [0.1, 0.15) is 6.61 Å². The molecule has 3 aromatic carbocycles. The molecule has 0 aromatic heterocycles. The fourth-order valence-electron chi connectivity index (χ4n) is 3.28. The Morgan fingerprint density at radius 3 is 2.47 bits per heavy atom. The number of halogens is 3. The summed E-state index contributed by atoms with van der Waals surface area (Å²) in [7, 11) is 0. The van der Waals surface area contributed by atoms with Crippen LogP contribution < -0.4 is 14.4 Å². The number of hydrogen-bond acceptors (Lipinski definition) is 5. The minimum atomic E-state index is -0.353. The summed E-state index contributed by atoms with van der Waals surface area (Å²) in [6.45, 7) is 2.60. The molecular formula is C25H18Cl2INO4S. The number of benzene rings is 3. The molecule has 0 unspecified atom stereocenters. The number of ether oxygens (including phenoxy) is 2. The molecule has 1 heterocycles. The number of hydrogen-bond donors (Lipinski definition) is 0. The predicted molar refractivity (Wildman–Crippen MR) is 146 cm³/mol.